The van der Waals surface area contributed by atoms with Crippen molar-refractivity contribution < 1.29 is 17.6 Å². The fourth-order valence-corrected chi connectivity index (χ4v) is 4.09. The molecule has 0 bridgehead atoms. The first-order chi connectivity index (χ1) is 18.2. The number of methoxy groups -OCH3 is 1. The molecule has 0 N–H and O–H groups in total. The fourth-order valence-electron chi connectivity index (χ4n) is 3.31. The summed E-state index contributed by atoms with van der Waals surface area (Å²) in [6.45, 7) is 5.27. The van der Waals surface area contributed by atoms with Crippen LogP contribution in [0.3, 0.4) is 0 Å². The zero-order valence-corrected chi connectivity index (χ0v) is 22.2. The maximum Gasteiger partial charge on any atom is 0.247 e. The number of halogens is 1. The van der Waals surface area contributed by atoms with E-state index < -0.39 is 9.84 Å². The summed E-state index contributed by atoms with van der Waals surface area (Å²) in [5, 5.41) is 17.2. The monoisotopic (exact) mass is 551 g/mol. The summed E-state index contributed by atoms with van der Waals surface area (Å²) in [7, 11) is -1.92. The molecule has 3 aromatic heterocycles. The molecule has 13 heteroatoms. The van der Waals surface area contributed by atoms with E-state index in [9.17, 15) is 8.42 Å². The van der Waals surface area contributed by atoms with Crippen molar-refractivity contribution in [1.29, 1.82) is 0 Å². The van der Waals surface area contributed by atoms with Crippen LogP contribution in [0.1, 0.15) is 24.5 Å². The topological polar surface area (TPSA) is 138 Å². The van der Waals surface area contributed by atoms with Gasteiger partial charge in [0.05, 0.1) is 22.7 Å². The molecule has 4 rings (SSSR count). The highest BCUT2D eigenvalue weighted by Gasteiger charge is 2.18. The predicted octanol–water partition coefficient (Wildman–Crippen LogP) is 4.53. The number of aliphatic imine (C=N–C) groups is 1. The molecule has 0 aliphatic rings. The van der Waals surface area contributed by atoms with E-state index in [0.29, 0.717) is 39.5 Å². The van der Waals surface area contributed by atoms with E-state index in [2.05, 4.69) is 37.1 Å². The van der Waals surface area contributed by atoms with Crippen LogP contribution in [0.2, 0.25) is 5.02 Å². The van der Waals surface area contributed by atoms with Gasteiger partial charge in [0.25, 0.3) is 0 Å². The number of aromatic nitrogens is 6. The van der Waals surface area contributed by atoms with Gasteiger partial charge < -0.3 is 9.15 Å². The Kier molecular flexibility index (Phi) is 7.93. The van der Waals surface area contributed by atoms with Gasteiger partial charge in [0.15, 0.2) is 21.5 Å². The van der Waals surface area contributed by atoms with Crippen molar-refractivity contribution in [3.63, 3.8) is 0 Å². The third kappa shape index (κ3) is 5.76. The molecule has 0 aliphatic carbocycles. The van der Waals surface area contributed by atoms with Crippen LogP contribution in [-0.4, -0.2) is 58.4 Å². The molecule has 0 fully saturated rings. The van der Waals surface area contributed by atoms with Gasteiger partial charge in [-0.2, -0.15) is 0 Å². The Bertz CT molecular complexity index is 1670. The second-order valence-electron chi connectivity index (χ2n) is 7.69. The molecule has 0 saturated carbocycles. The lowest BCUT2D eigenvalue weighted by molar-refractivity contribution is 0.289. The minimum atomic E-state index is -3.40. The molecule has 0 aliphatic heterocycles. The second kappa shape index (κ2) is 11.3. The van der Waals surface area contributed by atoms with Crippen molar-refractivity contribution >= 4 is 45.9 Å². The molecule has 0 spiro atoms. The summed E-state index contributed by atoms with van der Waals surface area (Å²) in [4.78, 5) is 8.15. The van der Waals surface area contributed by atoms with Crippen LogP contribution >= 0.6 is 11.6 Å². The van der Waals surface area contributed by atoms with Crippen molar-refractivity contribution in [2.75, 3.05) is 13.4 Å². The first-order valence-corrected chi connectivity index (χ1v) is 13.3. The van der Waals surface area contributed by atoms with Gasteiger partial charge in [-0.05, 0) is 44.0 Å². The molecule has 11 nitrogen and oxygen atoms in total. The lowest BCUT2D eigenvalue weighted by atomic mass is 10.2. The Labute approximate surface area is 223 Å². The third-order valence-corrected chi connectivity index (χ3v) is 6.61. The van der Waals surface area contributed by atoms with Crippen LogP contribution in [0.4, 0.5) is 0 Å². The average molecular weight is 552 g/mol. The van der Waals surface area contributed by atoms with E-state index in [4.69, 9.17) is 20.8 Å². The van der Waals surface area contributed by atoms with Gasteiger partial charge in [0, 0.05) is 30.2 Å². The van der Waals surface area contributed by atoms with Crippen LogP contribution in [-0.2, 0) is 14.6 Å². The van der Waals surface area contributed by atoms with Gasteiger partial charge in [-0.15, -0.1) is 20.4 Å². The summed E-state index contributed by atoms with van der Waals surface area (Å²) < 4.78 is 36.3. The SMILES string of the molecule is C=NC(=CC(=CC)c1nnc(C=Cc2nnc(-c3ccc(S(C)(=O)=O)cn3)n2-c2ccccc2Cl)o1)OC. The maximum absolute atomic E-state index is 11.8. The van der Waals surface area contributed by atoms with Crippen LogP contribution in [0.25, 0.3) is 34.9 Å². The number of allylic oxidation sites excluding steroid dienone is 3. The van der Waals surface area contributed by atoms with Gasteiger partial charge >= 0.3 is 0 Å². The molecule has 0 unspecified atom stereocenters. The van der Waals surface area contributed by atoms with E-state index in [0.717, 1.165) is 6.26 Å². The minimum Gasteiger partial charge on any atom is -0.481 e. The third-order valence-electron chi connectivity index (χ3n) is 5.19. The number of sulfone groups is 1. The summed E-state index contributed by atoms with van der Waals surface area (Å²) in [6.07, 6.45) is 9.00. The lowest BCUT2D eigenvalue weighted by Crippen LogP contribution is -2.03. The molecule has 194 valence electrons. The zero-order chi connectivity index (χ0) is 27.3. The first kappa shape index (κ1) is 26.6. The normalized spacial score (nSPS) is 12.7. The Hall–Kier alpha value is -4.42. The summed E-state index contributed by atoms with van der Waals surface area (Å²) in [5.41, 5.74) is 1.60. The standard InChI is InChI=1S/C25H22ClN7O4S/c1-5-16(14-23(27-2)36-3)25-32-30-22(37-25)13-12-21-29-31-24(33(21)20-9-7-6-8-18(20)26)19-11-10-17(15-28-19)38(4,34)35/h5-15H,2H2,1,3-4H3. The second-order valence-corrected chi connectivity index (χ2v) is 10.1. The number of pyridine rings is 1. The summed E-state index contributed by atoms with van der Waals surface area (Å²) in [5.74, 6) is 1.52. The van der Waals surface area contributed by atoms with E-state index in [1.807, 2.05) is 13.0 Å². The Morgan fingerprint density at radius 2 is 1.92 bits per heavy atom. The molecular formula is C25H22ClN7O4S. The molecule has 4 aromatic rings. The summed E-state index contributed by atoms with van der Waals surface area (Å²) >= 11 is 6.49. The average Bonchev–Trinajstić information content (AvgIpc) is 3.55. The van der Waals surface area contributed by atoms with Crippen LogP contribution in [0.5, 0.6) is 0 Å². The van der Waals surface area contributed by atoms with E-state index in [-0.39, 0.29) is 16.7 Å². The first-order valence-electron chi connectivity index (χ1n) is 11.0. The highest BCUT2D eigenvalue weighted by atomic mass is 35.5. The number of nitrogens with zero attached hydrogens (tertiary/aromatic N) is 7. The number of hydrogen-bond donors (Lipinski definition) is 0. The van der Waals surface area contributed by atoms with Crippen LogP contribution < -0.4 is 0 Å². The van der Waals surface area contributed by atoms with Crippen molar-refractivity contribution in [1.82, 2.24) is 29.9 Å². The highest BCUT2D eigenvalue weighted by Crippen LogP contribution is 2.28. The van der Waals surface area contributed by atoms with Crippen LogP contribution in [0.15, 0.2) is 74.9 Å². The Morgan fingerprint density at radius 1 is 1.13 bits per heavy atom. The Morgan fingerprint density at radius 3 is 2.55 bits per heavy atom. The largest absolute Gasteiger partial charge is 0.481 e. The van der Waals surface area contributed by atoms with Gasteiger partial charge in [-0.25, -0.2) is 13.4 Å². The molecule has 38 heavy (non-hydrogen) atoms. The molecule has 0 atom stereocenters. The molecule has 0 radical (unpaired) electrons. The van der Waals surface area contributed by atoms with Gasteiger partial charge in [-0.1, -0.05) is 29.8 Å². The van der Waals surface area contributed by atoms with Crippen molar-refractivity contribution in [2.24, 2.45) is 4.99 Å². The van der Waals surface area contributed by atoms with Crippen molar-refractivity contribution in [3.05, 3.63) is 83.3 Å². The maximum atomic E-state index is 11.8. The number of benzene rings is 1. The van der Waals surface area contributed by atoms with Gasteiger partial charge in [-0.3, -0.25) is 9.55 Å². The number of rotatable bonds is 9. The lowest BCUT2D eigenvalue weighted by Gasteiger charge is -2.10. The van der Waals surface area contributed by atoms with E-state index >= 15 is 0 Å². The zero-order valence-electron chi connectivity index (χ0n) is 20.6. The van der Waals surface area contributed by atoms with E-state index in [1.165, 1.54) is 19.4 Å². The van der Waals surface area contributed by atoms with E-state index in [1.54, 1.807) is 53.1 Å². The van der Waals surface area contributed by atoms with Crippen molar-refractivity contribution in [2.45, 2.75) is 11.8 Å². The summed E-state index contributed by atoms with van der Waals surface area (Å²) in [6, 6.07) is 10.2. The predicted molar refractivity (Wildman–Crippen MR) is 144 cm³/mol. The quantitative estimate of drug-likeness (QED) is 0.167. The van der Waals surface area contributed by atoms with Crippen molar-refractivity contribution in [3.8, 4) is 17.2 Å². The fraction of sp³-hybridized carbons (Fsp3) is 0.120. The highest BCUT2D eigenvalue weighted by molar-refractivity contribution is 7.90. The number of ether oxygens (including phenoxy) is 1. The molecule has 3 heterocycles. The molecule has 0 amide bonds. The number of hydrogen-bond acceptors (Lipinski definition) is 10. The van der Waals surface area contributed by atoms with Gasteiger partial charge in [0.1, 0.15) is 5.69 Å². The Balaban J connectivity index is 1.74. The molecular weight excluding hydrogens is 530 g/mol. The minimum absolute atomic E-state index is 0.0919. The van der Waals surface area contributed by atoms with Crippen LogP contribution in [0, 0.1) is 0 Å². The molecule has 0 saturated heterocycles. The number of para-hydroxylation sites is 1. The molecule has 1 aromatic carbocycles. The van der Waals surface area contributed by atoms with Gasteiger partial charge in [0.2, 0.25) is 17.7 Å². The smallest absolute Gasteiger partial charge is 0.247 e.